The van der Waals surface area contributed by atoms with E-state index < -0.39 is 5.67 Å². The van der Waals surface area contributed by atoms with Crippen LogP contribution in [0, 0.1) is 5.41 Å². The molecule has 5 aliphatic rings. The number of ether oxygens (including phenoxy) is 1. The van der Waals surface area contributed by atoms with Crippen molar-refractivity contribution in [2.75, 3.05) is 36.1 Å². The first-order chi connectivity index (χ1) is 15.9. The number of aromatic amines is 1. The van der Waals surface area contributed by atoms with Crippen LogP contribution in [-0.4, -0.2) is 68.9 Å². The maximum atomic E-state index is 14.3. The molecule has 4 fully saturated rings. The summed E-state index contributed by atoms with van der Waals surface area (Å²) in [6, 6.07) is 4.07. The van der Waals surface area contributed by atoms with Gasteiger partial charge in [-0.25, -0.2) is 9.37 Å². The second kappa shape index (κ2) is 6.53. The molecule has 0 unspecified atom stereocenters. The normalized spacial score (nSPS) is 30.8. The van der Waals surface area contributed by atoms with Crippen LogP contribution in [0.25, 0.3) is 22.4 Å². The summed E-state index contributed by atoms with van der Waals surface area (Å²) in [7, 11) is 0. The molecule has 1 N–H and O–H groups in total. The van der Waals surface area contributed by atoms with E-state index in [1.807, 2.05) is 21.7 Å². The van der Waals surface area contributed by atoms with Crippen LogP contribution in [0.15, 0.2) is 18.3 Å². The average molecular weight is 452 g/mol. The Balaban J connectivity index is 1.41. The molecule has 3 aromatic heterocycles. The van der Waals surface area contributed by atoms with Crippen LogP contribution in [0.5, 0.6) is 0 Å². The number of rotatable bonds is 4. The summed E-state index contributed by atoms with van der Waals surface area (Å²) >= 11 is 0. The van der Waals surface area contributed by atoms with Gasteiger partial charge in [0.25, 0.3) is 0 Å². The van der Waals surface area contributed by atoms with E-state index in [1.54, 1.807) is 6.20 Å². The van der Waals surface area contributed by atoms with Gasteiger partial charge in [-0.15, -0.1) is 0 Å². The summed E-state index contributed by atoms with van der Waals surface area (Å²) < 4.78 is 21.8. The Morgan fingerprint density at radius 3 is 2.88 bits per heavy atom. The molecule has 1 saturated heterocycles. The lowest BCUT2D eigenvalue weighted by atomic mass is 9.42. The molecule has 3 aliphatic carbocycles. The summed E-state index contributed by atoms with van der Waals surface area (Å²) in [6.07, 6.45) is 3.80. The molecular weight excluding hydrogens is 425 g/mol. The topological polar surface area (TPSA) is 92.2 Å². The third-order valence-electron chi connectivity index (χ3n) is 7.77. The summed E-state index contributed by atoms with van der Waals surface area (Å²) in [4.78, 5) is 22.5. The number of amides is 1. The first-order valence-electron chi connectivity index (χ1n) is 11.7. The van der Waals surface area contributed by atoms with Crippen molar-refractivity contribution in [3.05, 3.63) is 18.3 Å². The quantitative estimate of drug-likeness (QED) is 0.656. The van der Waals surface area contributed by atoms with Crippen LogP contribution < -0.4 is 9.80 Å². The standard InChI is InChI=1S/C23H26FN7O2/c1-14-9-33-7-6-29(14)17-8-16-21-20(26-17)19(15-2-4-25-27-15)28-31(21)5-3-18(32)30(16)13-22-10-23(24,11-22)12-22/h2,4,8,14H,3,5-7,9-13H2,1H3,(H,25,27)/t14-,22?,23?/m1/s1. The Bertz CT molecular complexity index is 1250. The van der Waals surface area contributed by atoms with Crippen molar-refractivity contribution < 1.29 is 13.9 Å². The zero-order valence-electron chi connectivity index (χ0n) is 18.6. The number of anilines is 2. The van der Waals surface area contributed by atoms with E-state index in [0.29, 0.717) is 57.7 Å². The third-order valence-corrected chi connectivity index (χ3v) is 7.77. The van der Waals surface area contributed by atoms with Gasteiger partial charge in [0.05, 0.1) is 31.5 Å². The van der Waals surface area contributed by atoms with Crippen LogP contribution in [0.4, 0.5) is 15.9 Å². The van der Waals surface area contributed by atoms with E-state index in [-0.39, 0.29) is 17.4 Å². The number of alkyl halides is 1. The molecule has 1 atom stereocenters. The first-order valence-corrected chi connectivity index (χ1v) is 11.7. The SMILES string of the molecule is C[C@@H]1COCCN1c1cc2c3c(n1)c(-c1cc[nH]n1)nn3CCC(=O)N2CC12CC(F)(C1)C2. The molecule has 9 nitrogen and oxygen atoms in total. The average Bonchev–Trinajstić information content (AvgIpc) is 3.38. The zero-order valence-corrected chi connectivity index (χ0v) is 18.6. The summed E-state index contributed by atoms with van der Waals surface area (Å²) in [5, 5.41) is 12.1. The number of nitrogens with zero attached hydrogens (tertiary/aromatic N) is 6. The fourth-order valence-corrected chi connectivity index (χ4v) is 6.30. The van der Waals surface area contributed by atoms with Crippen molar-refractivity contribution >= 4 is 28.4 Å². The number of nitrogens with one attached hydrogen (secondary N) is 1. The van der Waals surface area contributed by atoms with E-state index in [9.17, 15) is 9.18 Å². The van der Waals surface area contributed by atoms with Gasteiger partial charge in [0.15, 0.2) is 0 Å². The van der Waals surface area contributed by atoms with Gasteiger partial charge in [0.2, 0.25) is 5.91 Å². The molecule has 3 saturated carbocycles. The minimum absolute atomic E-state index is 0.0629. The highest BCUT2D eigenvalue weighted by Gasteiger charge is 2.69. The molecule has 1 amide bonds. The van der Waals surface area contributed by atoms with Gasteiger partial charge < -0.3 is 14.5 Å². The van der Waals surface area contributed by atoms with Gasteiger partial charge in [-0.05, 0) is 37.7 Å². The maximum Gasteiger partial charge on any atom is 0.228 e. The Hall–Kier alpha value is -3.01. The molecule has 172 valence electrons. The predicted molar refractivity (Wildman–Crippen MR) is 120 cm³/mol. The number of pyridine rings is 1. The molecule has 0 aromatic carbocycles. The Morgan fingerprint density at radius 1 is 1.30 bits per heavy atom. The van der Waals surface area contributed by atoms with Crippen molar-refractivity contribution in [3.8, 4) is 11.4 Å². The molecule has 8 rings (SSSR count). The van der Waals surface area contributed by atoms with Crippen LogP contribution >= 0.6 is 0 Å². The lowest BCUT2D eigenvalue weighted by Gasteiger charge is -2.66. The van der Waals surface area contributed by atoms with Crippen molar-refractivity contribution in [2.24, 2.45) is 5.41 Å². The van der Waals surface area contributed by atoms with Gasteiger partial charge in [0.1, 0.15) is 33.9 Å². The Kier molecular flexibility index (Phi) is 3.85. The summed E-state index contributed by atoms with van der Waals surface area (Å²) in [5.74, 6) is 0.872. The maximum absolute atomic E-state index is 14.3. The number of H-pyrrole nitrogens is 1. The Labute approximate surface area is 189 Å². The Morgan fingerprint density at radius 2 is 2.15 bits per heavy atom. The van der Waals surface area contributed by atoms with E-state index >= 15 is 0 Å². The van der Waals surface area contributed by atoms with Crippen molar-refractivity contribution in [1.29, 1.82) is 0 Å². The minimum atomic E-state index is -0.994. The number of morpholine rings is 1. The highest BCUT2D eigenvalue weighted by atomic mass is 19.1. The minimum Gasteiger partial charge on any atom is -0.377 e. The first kappa shape index (κ1) is 19.5. The number of halogens is 1. The van der Waals surface area contributed by atoms with Gasteiger partial charge in [-0.2, -0.15) is 10.2 Å². The predicted octanol–water partition coefficient (Wildman–Crippen LogP) is 2.68. The van der Waals surface area contributed by atoms with Crippen LogP contribution in [0.2, 0.25) is 0 Å². The fraction of sp³-hybridized carbons (Fsp3) is 0.565. The highest BCUT2D eigenvalue weighted by molar-refractivity contribution is 6.06. The second-order valence-corrected chi connectivity index (χ2v) is 10.3. The van der Waals surface area contributed by atoms with Crippen molar-refractivity contribution in [2.45, 2.75) is 50.9 Å². The van der Waals surface area contributed by atoms with Gasteiger partial charge in [-0.1, -0.05) is 0 Å². The van der Waals surface area contributed by atoms with Crippen LogP contribution in [-0.2, 0) is 16.1 Å². The van der Waals surface area contributed by atoms with Gasteiger partial charge in [0, 0.05) is 31.8 Å². The summed E-state index contributed by atoms with van der Waals surface area (Å²) in [5.41, 5.74) is 2.76. The van der Waals surface area contributed by atoms with E-state index in [2.05, 4.69) is 22.0 Å². The van der Waals surface area contributed by atoms with Crippen LogP contribution in [0.3, 0.4) is 0 Å². The van der Waals surface area contributed by atoms with Gasteiger partial charge >= 0.3 is 0 Å². The molecule has 5 heterocycles. The van der Waals surface area contributed by atoms with Gasteiger partial charge in [-0.3, -0.25) is 14.6 Å². The monoisotopic (exact) mass is 451 g/mol. The number of hydrogen-bond acceptors (Lipinski definition) is 6. The fourth-order valence-electron chi connectivity index (χ4n) is 6.30. The molecule has 2 aliphatic heterocycles. The van der Waals surface area contributed by atoms with Crippen LogP contribution in [0.1, 0.15) is 32.6 Å². The second-order valence-electron chi connectivity index (χ2n) is 10.3. The molecule has 10 heteroatoms. The summed E-state index contributed by atoms with van der Waals surface area (Å²) in [6.45, 7) is 5.15. The lowest BCUT2D eigenvalue weighted by molar-refractivity contribution is -0.207. The molecular formula is C23H26FN7O2. The molecule has 33 heavy (non-hydrogen) atoms. The number of hydrogen-bond donors (Lipinski definition) is 1. The number of carbonyl (C=O) groups is 1. The van der Waals surface area contributed by atoms with E-state index in [0.717, 1.165) is 34.8 Å². The molecule has 3 aromatic rings. The van der Waals surface area contributed by atoms with Crippen molar-refractivity contribution in [3.63, 3.8) is 0 Å². The number of aromatic nitrogens is 5. The molecule has 0 radical (unpaired) electrons. The highest BCUT2D eigenvalue weighted by Crippen LogP contribution is 2.69. The van der Waals surface area contributed by atoms with Crippen molar-refractivity contribution in [1.82, 2.24) is 25.0 Å². The zero-order chi connectivity index (χ0) is 22.4. The number of aryl methyl sites for hydroxylation is 1. The van der Waals surface area contributed by atoms with E-state index in [1.165, 1.54) is 0 Å². The molecule has 2 bridgehead atoms. The largest absolute Gasteiger partial charge is 0.377 e. The lowest BCUT2D eigenvalue weighted by Crippen LogP contribution is -2.68. The van der Waals surface area contributed by atoms with E-state index in [4.69, 9.17) is 14.8 Å². The third kappa shape index (κ3) is 2.79. The molecule has 0 spiro atoms. The number of carbonyl (C=O) groups excluding carboxylic acids is 1. The smallest absolute Gasteiger partial charge is 0.228 e.